The molecule has 0 saturated heterocycles. The highest BCUT2D eigenvalue weighted by Crippen LogP contribution is 2.19. The van der Waals surface area contributed by atoms with E-state index in [1.807, 2.05) is 0 Å². The number of ether oxygens (including phenoxy) is 1. The fourth-order valence-corrected chi connectivity index (χ4v) is 0.751. The first-order valence-corrected chi connectivity index (χ1v) is 4.69. The summed E-state index contributed by atoms with van der Waals surface area (Å²) in [4.78, 5) is 21.9. The molecule has 1 atom stereocenters. The Morgan fingerprint density at radius 3 is 2.31 bits per heavy atom. The molecule has 0 radical (unpaired) electrons. The third-order valence-electron chi connectivity index (χ3n) is 1.34. The Balaban J connectivity index is 4.20. The Labute approximate surface area is 85.4 Å². The Bertz CT molecular complexity index is 207. The monoisotopic (exact) mass is 252 g/mol. The summed E-state index contributed by atoms with van der Waals surface area (Å²) in [6.45, 7) is 4.72. The second-order valence-electron chi connectivity index (χ2n) is 3.03. The van der Waals surface area contributed by atoms with Crippen molar-refractivity contribution in [1.29, 1.82) is 0 Å². The van der Waals surface area contributed by atoms with Crippen molar-refractivity contribution >= 4 is 27.7 Å². The van der Waals surface area contributed by atoms with Gasteiger partial charge in [0.2, 0.25) is 5.78 Å². The van der Waals surface area contributed by atoms with Gasteiger partial charge >= 0.3 is 5.97 Å². The summed E-state index contributed by atoms with van der Waals surface area (Å²) in [5, 5.41) is 9.13. The number of ketones is 1. The maximum absolute atomic E-state index is 11.2. The third kappa shape index (κ3) is 4.38. The molecule has 0 amide bonds. The minimum Gasteiger partial charge on any atom is -0.428 e. The summed E-state index contributed by atoms with van der Waals surface area (Å²) in [7, 11) is 0. The molecule has 0 rings (SSSR count). The smallest absolute Gasteiger partial charge is 0.308 e. The van der Waals surface area contributed by atoms with Crippen LogP contribution >= 0.6 is 15.9 Å². The van der Waals surface area contributed by atoms with E-state index in [-0.39, 0.29) is 6.42 Å². The first kappa shape index (κ1) is 12.6. The predicted octanol–water partition coefficient (Wildman–Crippen LogP) is 1.00. The SMILES string of the molecule is CCC(=O)OC(O)C(=O)C(C)(C)Br. The molecule has 0 aliphatic rings. The second kappa shape index (κ2) is 4.72. The van der Waals surface area contributed by atoms with Gasteiger partial charge in [-0.2, -0.15) is 0 Å². The number of alkyl halides is 1. The van der Waals surface area contributed by atoms with E-state index < -0.39 is 22.4 Å². The first-order valence-electron chi connectivity index (χ1n) is 3.89. The van der Waals surface area contributed by atoms with Crippen LogP contribution in [0.5, 0.6) is 0 Å². The van der Waals surface area contributed by atoms with Gasteiger partial charge in [-0.25, -0.2) is 0 Å². The van der Waals surface area contributed by atoms with E-state index in [0.717, 1.165) is 0 Å². The van der Waals surface area contributed by atoms with Crippen LogP contribution in [0.3, 0.4) is 0 Å². The molecule has 0 aromatic rings. The van der Waals surface area contributed by atoms with Crippen molar-refractivity contribution in [3.05, 3.63) is 0 Å². The van der Waals surface area contributed by atoms with Crippen LogP contribution in [0.4, 0.5) is 0 Å². The zero-order chi connectivity index (χ0) is 10.6. The number of hydrogen-bond acceptors (Lipinski definition) is 4. The molecule has 13 heavy (non-hydrogen) atoms. The van der Waals surface area contributed by atoms with E-state index in [1.54, 1.807) is 20.8 Å². The van der Waals surface area contributed by atoms with Crippen LogP contribution in [-0.4, -0.2) is 27.5 Å². The van der Waals surface area contributed by atoms with Gasteiger partial charge in [-0.05, 0) is 13.8 Å². The average molecular weight is 253 g/mol. The number of carbonyl (C=O) groups is 2. The molecule has 1 unspecified atom stereocenters. The van der Waals surface area contributed by atoms with Crippen molar-refractivity contribution in [3.8, 4) is 0 Å². The molecule has 0 spiro atoms. The largest absolute Gasteiger partial charge is 0.428 e. The second-order valence-corrected chi connectivity index (χ2v) is 5.01. The molecule has 76 valence electrons. The normalized spacial score (nSPS) is 13.6. The minimum atomic E-state index is -1.68. The van der Waals surface area contributed by atoms with E-state index in [2.05, 4.69) is 20.7 Å². The topological polar surface area (TPSA) is 63.6 Å². The number of aliphatic hydroxyl groups is 1. The summed E-state index contributed by atoms with van der Waals surface area (Å²) in [5.74, 6) is -1.17. The van der Waals surface area contributed by atoms with Gasteiger partial charge in [-0.3, -0.25) is 9.59 Å². The molecule has 1 N–H and O–H groups in total. The molecule has 0 heterocycles. The molecule has 0 bridgehead atoms. The Hall–Kier alpha value is -0.420. The zero-order valence-corrected chi connectivity index (χ0v) is 9.42. The Morgan fingerprint density at radius 2 is 2.00 bits per heavy atom. The maximum Gasteiger partial charge on any atom is 0.308 e. The van der Waals surface area contributed by atoms with Gasteiger partial charge in [0.05, 0.1) is 4.32 Å². The summed E-state index contributed by atoms with van der Waals surface area (Å²) in [6.07, 6.45) is -1.55. The van der Waals surface area contributed by atoms with Crippen molar-refractivity contribution in [1.82, 2.24) is 0 Å². The maximum atomic E-state index is 11.2. The number of rotatable bonds is 4. The van der Waals surface area contributed by atoms with Crippen LogP contribution in [0.15, 0.2) is 0 Å². The molecule has 0 aliphatic heterocycles. The predicted molar refractivity (Wildman–Crippen MR) is 50.4 cm³/mol. The fraction of sp³-hybridized carbons (Fsp3) is 0.750. The number of Topliss-reactive ketones (excluding diaryl/α,β-unsaturated/α-hetero) is 1. The van der Waals surface area contributed by atoms with Gasteiger partial charge in [-0.1, -0.05) is 22.9 Å². The highest BCUT2D eigenvalue weighted by atomic mass is 79.9. The van der Waals surface area contributed by atoms with Gasteiger partial charge < -0.3 is 9.84 Å². The Morgan fingerprint density at radius 1 is 1.54 bits per heavy atom. The fourth-order valence-electron chi connectivity index (χ4n) is 0.555. The van der Waals surface area contributed by atoms with Crippen LogP contribution < -0.4 is 0 Å². The summed E-state index contributed by atoms with van der Waals surface area (Å²) in [5.41, 5.74) is 0. The van der Waals surface area contributed by atoms with E-state index in [1.165, 1.54) is 0 Å². The van der Waals surface area contributed by atoms with Crippen molar-refractivity contribution in [3.63, 3.8) is 0 Å². The molecule has 0 aromatic heterocycles. The number of halogens is 1. The van der Waals surface area contributed by atoms with Gasteiger partial charge in [0.1, 0.15) is 0 Å². The molecular formula is C8H13BrO4. The lowest BCUT2D eigenvalue weighted by atomic mass is 10.1. The lowest BCUT2D eigenvalue weighted by Gasteiger charge is -2.18. The minimum absolute atomic E-state index is 0.132. The lowest BCUT2D eigenvalue weighted by Crippen LogP contribution is -2.38. The Kier molecular flexibility index (Phi) is 4.56. The van der Waals surface area contributed by atoms with Gasteiger partial charge in [0, 0.05) is 6.42 Å². The quantitative estimate of drug-likeness (QED) is 0.461. The van der Waals surface area contributed by atoms with Crippen molar-refractivity contribution in [2.24, 2.45) is 0 Å². The van der Waals surface area contributed by atoms with E-state index in [9.17, 15) is 9.59 Å². The van der Waals surface area contributed by atoms with Crippen LogP contribution in [0.1, 0.15) is 27.2 Å². The molecule has 0 aliphatic carbocycles. The van der Waals surface area contributed by atoms with Gasteiger partial charge in [-0.15, -0.1) is 0 Å². The van der Waals surface area contributed by atoms with Crippen molar-refractivity contribution < 1.29 is 19.4 Å². The van der Waals surface area contributed by atoms with E-state index >= 15 is 0 Å². The van der Waals surface area contributed by atoms with E-state index in [0.29, 0.717) is 0 Å². The van der Waals surface area contributed by atoms with Crippen molar-refractivity contribution in [2.75, 3.05) is 0 Å². The highest BCUT2D eigenvalue weighted by Gasteiger charge is 2.32. The third-order valence-corrected chi connectivity index (χ3v) is 1.73. The van der Waals surface area contributed by atoms with Crippen LogP contribution in [-0.2, 0) is 14.3 Å². The highest BCUT2D eigenvalue weighted by molar-refractivity contribution is 9.10. The van der Waals surface area contributed by atoms with Crippen LogP contribution in [0.2, 0.25) is 0 Å². The number of carbonyl (C=O) groups excluding carboxylic acids is 2. The molecule has 0 saturated carbocycles. The molecular weight excluding hydrogens is 240 g/mol. The van der Waals surface area contributed by atoms with E-state index in [4.69, 9.17) is 5.11 Å². The standard InChI is InChI=1S/C8H13BrO4/c1-4-5(10)13-7(12)6(11)8(2,3)9/h7,12H,4H2,1-3H3. The zero-order valence-electron chi connectivity index (χ0n) is 7.83. The summed E-state index contributed by atoms with van der Waals surface area (Å²) >= 11 is 3.06. The number of hydrogen-bond donors (Lipinski definition) is 1. The average Bonchev–Trinajstić information content (AvgIpc) is 2.01. The summed E-state index contributed by atoms with van der Waals surface area (Å²) < 4.78 is 3.54. The lowest BCUT2D eigenvalue weighted by molar-refractivity contribution is -0.175. The van der Waals surface area contributed by atoms with Gasteiger partial charge in [0.15, 0.2) is 0 Å². The number of esters is 1. The van der Waals surface area contributed by atoms with Crippen molar-refractivity contribution in [2.45, 2.75) is 37.8 Å². The number of aliphatic hydroxyl groups excluding tert-OH is 1. The van der Waals surface area contributed by atoms with Crippen LogP contribution in [0, 0.1) is 0 Å². The molecule has 5 heteroatoms. The summed E-state index contributed by atoms with van der Waals surface area (Å²) in [6, 6.07) is 0. The first-order chi connectivity index (χ1) is 5.79. The van der Waals surface area contributed by atoms with Crippen LogP contribution in [0.25, 0.3) is 0 Å². The van der Waals surface area contributed by atoms with Gasteiger partial charge in [0.25, 0.3) is 6.29 Å². The molecule has 0 aromatic carbocycles. The molecule has 4 nitrogen and oxygen atoms in total. The molecule has 0 fully saturated rings.